The van der Waals surface area contributed by atoms with E-state index >= 15 is 0 Å². The molecule has 2 aliphatic carbocycles. The smallest absolute Gasteiger partial charge is 0.313 e. The predicted molar refractivity (Wildman–Crippen MR) is 131 cm³/mol. The van der Waals surface area contributed by atoms with Gasteiger partial charge in [0.1, 0.15) is 12.0 Å². The van der Waals surface area contributed by atoms with Crippen LogP contribution < -0.4 is 0 Å². The number of carboxylic acid groups (broad SMARTS) is 1. The van der Waals surface area contributed by atoms with Crippen LogP contribution in [0.5, 0.6) is 0 Å². The first-order valence-electron chi connectivity index (χ1n) is 11.8. The summed E-state index contributed by atoms with van der Waals surface area (Å²) in [6.07, 6.45) is 4.16. The summed E-state index contributed by atoms with van der Waals surface area (Å²) in [5, 5.41) is 12.8. The third kappa shape index (κ3) is 2.94. The van der Waals surface area contributed by atoms with Crippen LogP contribution in [0.15, 0.2) is 58.9 Å². The van der Waals surface area contributed by atoms with Crippen molar-refractivity contribution in [2.75, 3.05) is 6.54 Å². The summed E-state index contributed by atoms with van der Waals surface area (Å²) in [6.45, 7) is 9.31. The maximum Gasteiger partial charge on any atom is 0.313 e. The standard InChI is InChI=1S/C28H30N2O3/c1-5-28(4)22-14-17-9-7-8-10-21(17)26(22)30(6-2)23-15-19-13-18(11-12-20(19)25(23)28)24(27(31)32)16(3)29-33/h7-14,16,24,26H,5-6,15H2,1-4H3,(H,31,32). The highest BCUT2D eigenvalue weighted by molar-refractivity contribution is 5.87. The molecule has 0 aromatic heterocycles. The maximum atomic E-state index is 11.9. The van der Waals surface area contributed by atoms with Crippen LogP contribution >= 0.6 is 0 Å². The molecule has 2 aromatic rings. The van der Waals surface area contributed by atoms with E-state index < -0.39 is 17.9 Å². The van der Waals surface area contributed by atoms with Gasteiger partial charge in [-0.3, -0.25) is 4.79 Å². The van der Waals surface area contributed by atoms with E-state index in [4.69, 9.17) is 0 Å². The fourth-order valence-electron chi connectivity index (χ4n) is 6.33. The van der Waals surface area contributed by atoms with E-state index in [0.29, 0.717) is 5.56 Å². The van der Waals surface area contributed by atoms with Crippen molar-refractivity contribution in [2.24, 2.45) is 10.6 Å². The van der Waals surface area contributed by atoms with Crippen molar-refractivity contribution >= 4 is 17.6 Å². The van der Waals surface area contributed by atoms with Gasteiger partial charge < -0.3 is 10.0 Å². The second kappa shape index (κ2) is 7.68. The van der Waals surface area contributed by atoms with Crippen LogP contribution in [0.1, 0.15) is 73.9 Å². The number of hydrogen-bond donors (Lipinski definition) is 1. The fraction of sp³-hybridized carbons (Fsp3) is 0.393. The number of likely N-dealkylation sites (N-methyl/N-ethyl adjacent to an activating group) is 1. The van der Waals surface area contributed by atoms with Crippen molar-refractivity contribution in [3.8, 4) is 0 Å². The highest BCUT2D eigenvalue weighted by atomic mass is 16.4. The number of allylic oxidation sites excluding steroid dienone is 2. The maximum absolute atomic E-state index is 11.9. The minimum absolute atomic E-state index is 0.0959. The molecule has 3 aliphatic rings. The fourth-order valence-corrected chi connectivity index (χ4v) is 6.33. The number of hydrogen-bond acceptors (Lipinski definition) is 4. The van der Waals surface area contributed by atoms with E-state index in [1.807, 2.05) is 12.1 Å². The Morgan fingerprint density at radius 2 is 2.00 bits per heavy atom. The van der Waals surface area contributed by atoms with E-state index in [0.717, 1.165) is 24.9 Å². The Balaban J connectivity index is 1.65. The molecule has 0 amide bonds. The van der Waals surface area contributed by atoms with Gasteiger partial charge in [-0.1, -0.05) is 67.6 Å². The second-order valence-corrected chi connectivity index (χ2v) is 9.68. The topological polar surface area (TPSA) is 70.0 Å². The molecule has 33 heavy (non-hydrogen) atoms. The lowest BCUT2D eigenvalue weighted by Gasteiger charge is -2.48. The van der Waals surface area contributed by atoms with Gasteiger partial charge in [0, 0.05) is 24.1 Å². The lowest BCUT2D eigenvalue weighted by molar-refractivity contribution is -0.139. The van der Waals surface area contributed by atoms with Gasteiger partial charge in [0.15, 0.2) is 0 Å². The van der Waals surface area contributed by atoms with Gasteiger partial charge in [-0.05, 0) is 59.2 Å². The van der Waals surface area contributed by atoms with Crippen LogP contribution in [-0.4, -0.2) is 28.6 Å². The minimum atomic E-state index is -1.01. The second-order valence-electron chi connectivity index (χ2n) is 9.68. The zero-order valence-corrected chi connectivity index (χ0v) is 19.6. The first-order valence-corrected chi connectivity index (χ1v) is 11.8. The molecule has 1 N–H and O–H groups in total. The van der Waals surface area contributed by atoms with Crippen LogP contribution in [0.4, 0.5) is 0 Å². The van der Waals surface area contributed by atoms with Crippen molar-refractivity contribution in [1.29, 1.82) is 0 Å². The van der Waals surface area contributed by atoms with Gasteiger partial charge >= 0.3 is 5.97 Å². The number of aliphatic carboxylic acids is 1. The number of nitroso groups, excluding NO2 is 1. The summed E-state index contributed by atoms with van der Waals surface area (Å²) in [4.78, 5) is 25.6. The first kappa shape index (κ1) is 21.6. The molecule has 4 atom stereocenters. The van der Waals surface area contributed by atoms with Crippen LogP contribution in [0.2, 0.25) is 0 Å². The van der Waals surface area contributed by atoms with E-state index in [2.05, 4.69) is 67.3 Å². The highest BCUT2D eigenvalue weighted by Gasteiger charge is 2.50. The van der Waals surface area contributed by atoms with Crippen LogP contribution in [0.3, 0.4) is 0 Å². The Labute approximate surface area is 194 Å². The molecule has 5 nitrogen and oxygen atoms in total. The molecule has 0 saturated heterocycles. The number of nitrogens with zero attached hydrogens (tertiary/aromatic N) is 2. The third-order valence-corrected chi connectivity index (χ3v) is 8.11. The van der Waals surface area contributed by atoms with Gasteiger partial charge in [0.2, 0.25) is 0 Å². The van der Waals surface area contributed by atoms with Crippen molar-refractivity contribution in [1.82, 2.24) is 4.90 Å². The number of rotatable bonds is 6. The Kier molecular flexibility index (Phi) is 5.04. The molecule has 2 aromatic carbocycles. The van der Waals surface area contributed by atoms with Gasteiger partial charge in [-0.2, -0.15) is 4.91 Å². The number of fused-ring (bicyclic) bond motifs is 5. The average Bonchev–Trinajstić information content (AvgIpc) is 3.39. The number of benzene rings is 2. The normalized spacial score (nSPS) is 24.4. The van der Waals surface area contributed by atoms with Crippen LogP contribution in [0, 0.1) is 10.3 Å². The largest absolute Gasteiger partial charge is 0.481 e. The molecule has 0 radical (unpaired) electrons. The molecular weight excluding hydrogens is 412 g/mol. The summed E-state index contributed by atoms with van der Waals surface area (Å²) in [7, 11) is 0. The number of carboxylic acids is 1. The van der Waals surface area contributed by atoms with Gasteiger partial charge in [0.05, 0.1) is 6.04 Å². The zero-order valence-electron chi connectivity index (χ0n) is 19.6. The summed E-state index contributed by atoms with van der Waals surface area (Å²) < 4.78 is 0. The molecule has 1 aliphatic heterocycles. The molecule has 0 bridgehead atoms. The third-order valence-electron chi connectivity index (χ3n) is 8.11. The molecular formula is C28H30N2O3. The first-order chi connectivity index (χ1) is 15.8. The Morgan fingerprint density at radius 3 is 2.67 bits per heavy atom. The SMILES string of the molecule is CCN1C2=C(c3ccc(C(C(=O)O)C(C)N=O)cc3C2)C(C)(CC)C2=Cc3ccccc3C21. The van der Waals surface area contributed by atoms with Crippen molar-refractivity contribution in [2.45, 2.75) is 58.5 Å². The molecule has 0 saturated carbocycles. The van der Waals surface area contributed by atoms with E-state index in [1.54, 1.807) is 6.92 Å². The van der Waals surface area contributed by atoms with E-state index in [-0.39, 0.29) is 11.5 Å². The molecule has 0 spiro atoms. The van der Waals surface area contributed by atoms with E-state index in [9.17, 15) is 14.8 Å². The van der Waals surface area contributed by atoms with Gasteiger partial charge in [-0.15, -0.1) is 0 Å². The molecule has 0 fully saturated rings. The highest BCUT2D eigenvalue weighted by Crippen LogP contribution is 2.62. The zero-order chi connectivity index (χ0) is 23.5. The minimum Gasteiger partial charge on any atom is -0.481 e. The van der Waals surface area contributed by atoms with Crippen molar-refractivity contribution in [3.05, 3.63) is 86.5 Å². The quantitative estimate of drug-likeness (QED) is 0.543. The summed E-state index contributed by atoms with van der Waals surface area (Å²) in [6, 6.07) is 14.1. The molecule has 4 unspecified atom stereocenters. The Bertz CT molecular complexity index is 1230. The van der Waals surface area contributed by atoms with Gasteiger partial charge in [0.25, 0.3) is 0 Å². The lowest BCUT2D eigenvalue weighted by atomic mass is 9.66. The average molecular weight is 443 g/mol. The lowest BCUT2D eigenvalue weighted by Crippen LogP contribution is -2.39. The Hall–Kier alpha value is -3.21. The molecule has 5 rings (SSSR count). The van der Waals surface area contributed by atoms with Crippen LogP contribution in [0.25, 0.3) is 11.6 Å². The summed E-state index contributed by atoms with van der Waals surface area (Å²) in [5.41, 5.74) is 9.77. The predicted octanol–water partition coefficient (Wildman–Crippen LogP) is 6.17. The van der Waals surface area contributed by atoms with Crippen LogP contribution in [-0.2, 0) is 11.2 Å². The van der Waals surface area contributed by atoms with E-state index in [1.165, 1.54) is 33.5 Å². The molecule has 5 heteroatoms. The molecule has 1 heterocycles. The number of carbonyl (C=O) groups is 1. The van der Waals surface area contributed by atoms with Gasteiger partial charge in [-0.25, -0.2) is 0 Å². The monoisotopic (exact) mass is 442 g/mol. The van der Waals surface area contributed by atoms with Crippen molar-refractivity contribution in [3.63, 3.8) is 0 Å². The van der Waals surface area contributed by atoms with Crippen molar-refractivity contribution < 1.29 is 9.90 Å². The molecule has 170 valence electrons. The summed E-state index contributed by atoms with van der Waals surface area (Å²) >= 11 is 0. The summed E-state index contributed by atoms with van der Waals surface area (Å²) in [5.74, 6) is -1.94. The Morgan fingerprint density at radius 1 is 1.24 bits per heavy atom.